The van der Waals surface area contributed by atoms with E-state index in [2.05, 4.69) is 42.4 Å². The number of aryl methyl sites for hydroxylation is 2. The molecule has 0 radical (unpaired) electrons. The molecule has 0 unspecified atom stereocenters. The molecule has 0 saturated heterocycles. The summed E-state index contributed by atoms with van der Waals surface area (Å²) in [5, 5.41) is 3.15. The van der Waals surface area contributed by atoms with Crippen molar-refractivity contribution in [1.82, 2.24) is 0 Å². The van der Waals surface area contributed by atoms with E-state index in [4.69, 9.17) is 5.73 Å². The van der Waals surface area contributed by atoms with Gasteiger partial charge in [0, 0.05) is 12.2 Å². The topological polar surface area (TPSA) is 50.4 Å². The Kier molecular flexibility index (Phi) is 3.67. The molecule has 2 rings (SSSR count). The van der Waals surface area contributed by atoms with Gasteiger partial charge in [0.05, 0.1) is 0 Å². The maximum atomic E-state index is 5.84. The lowest BCUT2D eigenvalue weighted by Gasteiger charge is -2.08. The highest BCUT2D eigenvalue weighted by Gasteiger charge is 2.10. The van der Waals surface area contributed by atoms with Crippen LogP contribution in [-0.4, -0.2) is 12.5 Å². The molecule has 0 fully saturated rings. The first-order chi connectivity index (χ1) is 8.15. The summed E-state index contributed by atoms with van der Waals surface area (Å²) in [6.07, 6.45) is 3.68. The molecule has 0 spiro atoms. The maximum Gasteiger partial charge on any atom is 0.193 e. The van der Waals surface area contributed by atoms with Crippen molar-refractivity contribution >= 4 is 11.6 Å². The number of hydrogen-bond acceptors (Lipinski definition) is 1. The second kappa shape index (κ2) is 5.21. The Morgan fingerprint density at radius 3 is 2.88 bits per heavy atom. The molecule has 0 atom stereocenters. The summed E-state index contributed by atoms with van der Waals surface area (Å²) in [7, 11) is 0. The number of aliphatic imine (C=N–C) groups is 1. The molecule has 0 aromatic heterocycles. The van der Waals surface area contributed by atoms with E-state index >= 15 is 0 Å². The molecule has 1 aliphatic rings. The predicted octanol–water partition coefficient (Wildman–Crippen LogP) is 2.56. The Hall–Kier alpha value is -1.51. The zero-order valence-corrected chi connectivity index (χ0v) is 10.7. The number of hydrogen-bond donors (Lipinski definition) is 2. The quantitative estimate of drug-likeness (QED) is 0.620. The molecular formula is C14H21N3. The Morgan fingerprint density at radius 1 is 1.35 bits per heavy atom. The van der Waals surface area contributed by atoms with Gasteiger partial charge in [-0.3, -0.25) is 4.99 Å². The normalized spacial score (nSPS) is 15.1. The lowest BCUT2D eigenvalue weighted by Crippen LogP contribution is -2.23. The van der Waals surface area contributed by atoms with Crippen LogP contribution in [0.15, 0.2) is 23.2 Å². The van der Waals surface area contributed by atoms with E-state index in [0.717, 1.165) is 12.2 Å². The van der Waals surface area contributed by atoms with E-state index in [1.165, 1.54) is 30.4 Å². The van der Waals surface area contributed by atoms with Crippen molar-refractivity contribution in [3.8, 4) is 0 Å². The fraction of sp³-hybridized carbons (Fsp3) is 0.500. The number of nitrogens with zero attached hydrogens (tertiary/aromatic N) is 1. The van der Waals surface area contributed by atoms with Crippen LogP contribution in [0.1, 0.15) is 31.4 Å². The molecular weight excluding hydrogens is 210 g/mol. The number of guanidine groups is 1. The molecule has 3 heteroatoms. The number of anilines is 1. The third-order valence-corrected chi connectivity index (χ3v) is 3.00. The van der Waals surface area contributed by atoms with Gasteiger partial charge in [0.15, 0.2) is 5.96 Å². The van der Waals surface area contributed by atoms with E-state index in [9.17, 15) is 0 Å². The second-order valence-electron chi connectivity index (χ2n) is 5.08. The molecule has 0 bridgehead atoms. The molecule has 1 aromatic carbocycles. The minimum atomic E-state index is 0.511. The van der Waals surface area contributed by atoms with Crippen molar-refractivity contribution in [2.75, 3.05) is 11.9 Å². The van der Waals surface area contributed by atoms with Crippen LogP contribution in [0.3, 0.4) is 0 Å². The maximum absolute atomic E-state index is 5.84. The third-order valence-electron chi connectivity index (χ3n) is 3.00. The highest BCUT2D eigenvalue weighted by Crippen LogP contribution is 2.24. The first-order valence-corrected chi connectivity index (χ1v) is 6.34. The zero-order valence-electron chi connectivity index (χ0n) is 10.7. The zero-order chi connectivity index (χ0) is 12.3. The van der Waals surface area contributed by atoms with Crippen LogP contribution < -0.4 is 11.1 Å². The van der Waals surface area contributed by atoms with Crippen LogP contribution in [0.2, 0.25) is 0 Å². The fourth-order valence-electron chi connectivity index (χ4n) is 2.12. The predicted molar refractivity (Wildman–Crippen MR) is 73.4 cm³/mol. The fourth-order valence-corrected chi connectivity index (χ4v) is 2.12. The van der Waals surface area contributed by atoms with Gasteiger partial charge in [-0.1, -0.05) is 19.9 Å². The number of benzene rings is 1. The third kappa shape index (κ3) is 3.22. The van der Waals surface area contributed by atoms with Crippen LogP contribution >= 0.6 is 0 Å². The average Bonchev–Trinajstić information content (AvgIpc) is 2.73. The van der Waals surface area contributed by atoms with Crippen LogP contribution in [0.5, 0.6) is 0 Å². The minimum absolute atomic E-state index is 0.511. The largest absolute Gasteiger partial charge is 0.370 e. The Morgan fingerprint density at radius 2 is 2.12 bits per heavy atom. The molecule has 0 aliphatic heterocycles. The summed E-state index contributed by atoms with van der Waals surface area (Å²) in [4.78, 5) is 4.30. The standard InChI is InChI=1S/C14H21N3/c1-10(2)9-16-14(15)17-13-7-6-11-4-3-5-12(11)8-13/h6-8,10H,3-5,9H2,1-2H3,(H3,15,16,17). The van der Waals surface area contributed by atoms with E-state index in [1.54, 1.807) is 0 Å². The first-order valence-electron chi connectivity index (χ1n) is 6.34. The smallest absolute Gasteiger partial charge is 0.193 e. The molecule has 3 N–H and O–H groups in total. The number of nitrogens with one attached hydrogen (secondary N) is 1. The monoisotopic (exact) mass is 231 g/mol. The highest BCUT2D eigenvalue weighted by atomic mass is 15.1. The lowest BCUT2D eigenvalue weighted by molar-refractivity contribution is 0.665. The van der Waals surface area contributed by atoms with Gasteiger partial charge in [0.25, 0.3) is 0 Å². The van der Waals surface area contributed by atoms with Crippen molar-refractivity contribution in [2.24, 2.45) is 16.6 Å². The molecule has 92 valence electrons. The highest BCUT2D eigenvalue weighted by molar-refractivity contribution is 5.92. The van der Waals surface area contributed by atoms with Gasteiger partial charge in [-0.15, -0.1) is 0 Å². The summed E-state index contributed by atoms with van der Waals surface area (Å²) < 4.78 is 0. The molecule has 0 saturated carbocycles. The summed E-state index contributed by atoms with van der Waals surface area (Å²) in [6.45, 7) is 5.03. The van der Waals surface area contributed by atoms with E-state index in [1.807, 2.05) is 0 Å². The number of rotatable bonds is 3. The number of nitrogens with two attached hydrogens (primary N) is 1. The molecule has 0 heterocycles. The molecule has 1 aliphatic carbocycles. The van der Waals surface area contributed by atoms with E-state index in [0.29, 0.717) is 11.9 Å². The molecule has 0 amide bonds. The SMILES string of the molecule is CC(C)CN=C(N)Nc1ccc2c(c1)CCC2. The minimum Gasteiger partial charge on any atom is -0.370 e. The summed E-state index contributed by atoms with van der Waals surface area (Å²) in [5.74, 6) is 1.05. The summed E-state index contributed by atoms with van der Waals surface area (Å²) >= 11 is 0. The molecule has 17 heavy (non-hydrogen) atoms. The van der Waals surface area contributed by atoms with Crippen molar-refractivity contribution in [2.45, 2.75) is 33.1 Å². The van der Waals surface area contributed by atoms with Gasteiger partial charge >= 0.3 is 0 Å². The molecule has 3 nitrogen and oxygen atoms in total. The van der Waals surface area contributed by atoms with Gasteiger partial charge in [-0.2, -0.15) is 0 Å². The lowest BCUT2D eigenvalue weighted by atomic mass is 10.1. The van der Waals surface area contributed by atoms with Crippen LogP contribution in [0.4, 0.5) is 5.69 Å². The van der Waals surface area contributed by atoms with E-state index < -0.39 is 0 Å². The Bertz CT molecular complexity index is 421. The van der Waals surface area contributed by atoms with Crippen molar-refractivity contribution in [3.05, 3.63) is 29.3 Å². The number of fused-ring (bicyclic) bond motifs is 1. The van der Waals surface area contributed by atoms with Crippen LogP contribution in [0.25, 0.3) is 0 Å². The average molecular weight is 231 g/mol. The van der Waals surface area contributed by atoms with Gasteiger partial charge in [0.1, 0.15) is 0 Å². The van der Waals surface area contributed by atoms with Gasteiger partial charge in [-0.25, -0.2) is 0 Å². The first kappa shape index (κ1) is 12.0. The molecule has 1 aromatic rings. The second-order valence-corrected chi connectivity index (χ2v) is 5.08. The Labute approximate surface area is 103 Å². The van der Waals surface area contributed by atoms with Crippen molar-refractivity contribution < 1.29 is 0 Å². The Balaban J connectivity index is 2.01. The van der Waals surface area contributed by atoms with Gasteiger partial charge < -0.3 is 11.1 Å². The van der Waals surface area contributed by atoms with Gasteiger partial charge in [0.2, 0.25) is 0 Å². The summed E-state index contributed by atoms with van der Waals surface area (Å²) in [5.41, 5.74) is 9.82. The van der Waals surface area contributed by atoms with Gasteiger partial charge in [-0.05, 0) is 48.4 Å². The van der Waals surface area contributed by atoms with Crippen LogP contribution in [-0.2, 0) is 12.8 Å². The van der Waals surface area contributed by atoms with Crippen molar-refractivity contribution in [3.63, 3.8) is 0 Å². The van der Waals surface area contributed by atoms with Crippen LogP contribution in [0, 0.1) is 5.92 Å². The van der Waals surface area contributed by atoms with E-state index in [-0.39, 0.29) is 0 Å². The van der Waals surface area contributed by atoms with Crippen molar-refractivity contribution in [1.29, 1.82) is 0 Å². The summed E-state index contributed by atoms with van der Waals surface area (Å²) in [6, 6.07) is 6.47.